The van der Waals surface area contributed by atoms with E-state index in [2.05, 4.69) is 25.2 Å². The van der Waals surface area contributed by atoms with Gasteiger partial charge in [0.2, 0.25) is 0 Å². The van der Waals surface area contributed by atoms with Crippen molar-refractivity contribution in [2.24, 2.45) is 0 Å². The Labute approximate surface area is 133 Å². The zero-order valence-electron chi connectivity index (χ0n) is 13.2. The summed E-state index contributed by atoms with van der Waals surface area (Å²) in [6.45, 7) is 4.26. The minimum atomic E-state index is -0.122. The minimum absolute atomic E-state index is 0.122. The van der Waals surface area contributed by atoms with Crippen LogP contribution in [0.1, 0.15) is 42.6 Å². The summed E-state index contributed by atoms with van der Waals surface area (Å²) < 4.78 is 7.22. The van der Waals surface area contributed by atoms with Crippen LogP contribution in [-0.2, 0) is 13.0 Å². The second-order valence-electron chi connectivity index (χ2n) is 6.24. The molecule has 0 aromatic carbocycles. The third kappa shape index (κ3) is 2.69. The normalized spacial score (nSPS) is 18.2. The first-order chi connectivity index (χ1) is 11.2. The van der Waals surface area contributed by atoms with Gasteiger partial charge < -0.3 is 14.0 Å². The lowest BCUT2D eigenvalue weighted by Gasteiger charge is -2.31. The molecule has 23 heavy (non-hydrogen) atoms. The number of hydrogen-bond donors (Lipinski definition) is 1. The van der Waals surface area contributed by atoms with E-state index in [0.717, 1.165) is 57.0 Å². The Morgan fingerprint density at radius 1 is 1.30 bits per heavy atom. The Morgan fingerprint density at radius 2 is 2.13 bits per heavy atom. The molecule has 1 fully saturated rings. The summed E-state index contributed by atoms with van der Waals surface area (Å²) in [5.41, 5.74) is 0. The van der Waals surface area contributed by atoms with Crippen LogP contribution in [0.4, 0.5) is 10.6 Å². The van der Waals surface area contributed by atoms with Gasteiger partial charge in [-0.2, -0.15) is 0 Å². The lowest BCUT2D eigenvalue weighted by atomic mass is 9.96. The second kappa shape index (κ2) is 5.68. The van der Waals surface area contributed by atoms with Crippen molar-refractivity contribution in [1.29, 1.82) is 0 Å². The molecule has 0 aliphatic carbocycles. The van der Waals surface area contributed by atoms with E-state index >= 15 is 0 Å². The molecule has 0 unspecified atom stereocenters. The van der Waals surface area contributed by atoms with Crippen LogP contribution < -0.4 is 5.32 Å². The van der Waals surface area contributed by atoms with E-state index < -0.39 is 0 Å². The van der Waals surface area contributed by atoms with Gasteiger partial charge in [0, 0.05) is 38.0 Å². The molecular weight excluding hydrogens is 296 g/mol. The topological polar surface area (TPSA) is 89.1 Å². The van der Waals surface area contributed by atoms with Crippen molar-refractivity contribution < 1.29 is 9.32 Å². The lowest BCUT2D eigenvalue weighted by Crippen LogP contribution is -2.41. The molecule has 8 nitrogen and oxygen atoms in total. The minimum Gasteiger partial charge on any atom is -0.360 e. The first kappa shape index (κ1) is 14.2. The molecule has 2 aliphatic heterocycles. The van der Waals surface area contributed by atoms with Crippen molar-refractivity contribution in [1.82, 2.24) is 24.8 Å². The number of urea groups is 1. The SMILES string of the molecule is Cc1cc(NC(=O)N2CCC(c3nnc4n3CCC4)CC2)no1. The quantitative estimate of drug-likeness (QED) is 0.914. The van der Waals surface area contributed by atoms with Gasteiger partial charge in [0.25, 0.3) is 0 Å². The smallest absolute Gasteiger partial charge is 0.323 e. The number of amides is 2. The summed E-state index contributed by atoms with van der Waals surface area (Å²) in [7, 11) is 0. The molecule has 4 heterocycles. The molecular formula is C15H20N6O2. The fraction of sp³-hybridized carbons (Fsp3) is 0.600. The first-order valence-corrected chi connectivity index (χ1v) is 8.12. The van der Waals surface area contributed by atoms with E-state index in [9.17, 15) is 4.79 Å². The van der Waals surface area contributed by atoms with Crippen LogP contribution in [0, 0.1) is 6.92 Å². The highest BCUT2D eigenvalue weighted by Crippen LogP contribution is 2.29. The molecule has 0 saturated carbocycles. The molecule has 2 aromatic heterocycles. The van der Waals surface area contributed by atoms with Gasteiger partial charge in [0.15, 0.2) is 5.82 Å². The highest BCUT2D eigenvalue weighted by molar-refractivity contribution is 5.88. The number of carbonyl (C=O) groups is 1. The number of nitrogens with one attached hydrogen (secondary N) is 1. The molecule has 0 radical (unpaired) electrons. The van der Waals surface area contributed by atoms with Gasteiger partial charge in [-0.25, -0.2) is 4.79 Å². The second-order valence-corrected chi connectivity index (χ2v) is 6.24. The van der Waals surface area contributed by atoms with Gasteiger partial charge in [-0.3, -0.25) is 5.32 Å². The maximum Gasteiger partial charge on any atom is 0.323 e. The number of anilines is 1. The Balaban J connectivity index is 1.36. The van der Waals surface area contributed by atoms with Gasteiger partial charge in [-0.1, -0.05) is 5.16 Å². The summed E-state index contributed by atoms with van der Waals surface area (Å²) in [5, 5.41) is 15.2. The summed E-state index contributed by atoms with van der Waals surface area (Å²) in [6.07, 6.45) is 4.04. The molecule has 122 valence electrons. The van der Waals surface area contributed by atoms with E-state index in [4.69, 9.17) is 4.52 Å². The van der Waals surface area contributed by atoms with Crippen molar-refractivity contribution in [3.8, 4) is 0 Å². The van der Waals surface area contributed by atoms with E-state index in [1.165, 1.54) is 0 Å². The number of aromatic nitrogens is 4. The number of piperidine rings is 1. The van der Waals surface area contributed by atoms with Crippen molar-refractivity contribution in [3.63, 3.8) is 0 Å². The van der Waals surface area contributed by atoms with Crippen molar-refractivity contribution in [3.05, 3.63) is 23.5 Å². The molecule has 2 aromatic rings. The zero-order valence-corrected chi connectivity index (χ0v) is 13.2. The monoisotopic (exact) mass is 316 g/mol. The van der Waals surface area contributed by atoms with Crippen LogP contribution in [0.25, 0.3) is 0 Å². The number of aryl methyl sites for hydroxylation is 2. The maximum atomic E-state index is 12.3. The van der Waals surface area contributed by atoms with E-state index in [-0.39, 0.29) is 6.03 Å². The fourth-order valence-electron chi connectivity index (χ4n) is 3.43. The Kier molecular flexibility index (Phi) is 3.51. The summed E-state index contributed by atoms with van der Waals surface area (Å²) >= 11 is 0. The summed E-state index contributed by atoms with van der Waals surface area (Å²) in [6, 6.07) is 1.59. The maximum absolute atomic E-state index is 12.3. The van der Waals surface area contributed by atoms with Crippen LogP contribution in [0.2, 0.25) is 0 Å². The third-order valence-corrected chi connectivity index (χ3v) is 4.65. The molecule has 0 bridgehead atoms. The van der Waals surface area contributed by atoms with Crippen molar-refractivity contribution >= 4 is 11.8 Å². The average molecular weight is 316 g/mol. The number of nitrogens with zero attached hydrogens (tertiary/aromatic N) is 5. The Hall–Kier alpha value is -2.38. The fourth-order valence-corrected chi connectivity index (χ4v) is 3.43. The van der Waals surface area contributed by atoms with Crippen molar-refractivity contribution in [2.45, 2.75) is 45.1 Å². The first-order valence-electron chi connectivity index (χ1n) is 8.12. The average Bonchev–Trinajstić information content (AvgIpc) is 3.24. The standard InChI is InChI=1S/C15H20N6O2/c1-10-9-12(19-23-10)16-15(22)20-7-4-11(5-8-20)14-18-17-13-3-2-6-21(13)14/h9,11H,2-8H2,1H3,(H,16,19,22). The third-order valence-electron chi connectivity index (χ3n) is 4.65. The molecule has 2 aliphatic rings. The summed E-state index contributed by atoms with van der Waals surface area (Å²) in [5.74, 6) is 3.75. The van der Waals surface area contributed by atoms with E-state index in [1.807, 2.05) is 4.90 Å². The van der Waals surface area contributed by atoms with Gasteiger partial charge in [-0.15, -0.1) is 10.2 Å². The predicted molar refractivity (Wildman–Crippen MR) is 82.1 cm³/mol. The molecule has 4 rings (SSSR count). The number of hydrogen-bond acceptors (Lipinski definition) is 5. The van der Waals surface area contributed by atoms with Crippen molar-refractivity contribution in [2.75, 3.05) is 18.4 Å². The Morgan fingerprint density at radius 3 is 2.87 bits per heavy atom. The molecule has 0 atom stereocenters. The van der Waals surface area contributed by atoms with Crippen LogP contribution in [0.3, 0.4) is 0 Å². The van der Waals surface area contributed by atoms with E-state index in [1.54, 1.807) is 13.0 Å². The Bertz CT molecular complexity index is 713. The van der Waals surface area contributed by atoms with Gasteiger partial charge in [0.1, 0.15) is 17.4 Å². The summed E-state index contributed by atoms with van der Waals surface area (Å²) in [4.78, 5) is 14.1. The number of carbonyl (C=O) groups excluding carboxylic acids is 1. The van der Waals surface area contributed by atoms with E-state index in [0.29, 0.717) is 17.5 Å². The zero-order chi connectivity index (χ0) is 15.8. The number of fused-ring (bicyclic) bond motifs is 1. The highest BCUT2D eigenvalue weighted by atomic mass is 16.5. The largest absolute Gasteiger partial charge is 0.360 e. The molecule has 0 spiro atoms. The van der Waals surface area contributed by atoms with Crippen LogP contribution in [-0.4, -0.2) is 43.9 Å². The lowest BCUT2D eigenvalue weighted by molar-refractivity contribution is 0.192. The van der Waals surface area contributed by atoms with Crippen LogP contribution in [0.5, 0.6) is 0 Å². The molecule has 2 amide bonds. The van der Waals surface area contributed by atoms with Gasteiger partial charge >= 0.3 is 6.03 Å². The van der Waals surface area contributed by atoms with Gasteiger partial charge in [0.05, 0.1) is 0 Å². The molecule has 8 heteroatoms. The van der Waals surface area contributed by atoms with Gasteiger partial charge in [-0.05, 0) is 26.2 Å². The molecule has 1 N–H and O–H groups in total. The predicted octanol–water partition coefficient (Wildman–Crippen LogP) is 1.93. The molecule has 1 saturated heterocycles. The highest BCUT2D eigenvalue weighted by Gasteiger charge is 2.29. The number of likely N-dealkylation sites (tertiary alicyclic amines) is 1. The number of rotatable bonds is 2. The van der Waals surface area contributed by atoms with Crippen LogP contribution in [0.15, 0.2) is 10.6 Å². The van der Waals surface area contributed by atoms with Crippen LogP contribution >= 0.6 is 0 Å².